The predicted octanol–water partition coefficient (Wildman–Crippen LogP) is 2.88. The lowest BCUT2D eigenvalue weighted by Gasteiger charge is -2.28. The molecule has 0 aliphatic heterocycles. The van der Waals surface area contributed by atoms with Crippen LogP contribution in [-0.4, -0.2) is 26.9 Å². The number of para-hydroxylation sites is 1. The second-order valence-corrected chi connectivity index (χ2v) is 6.28. The molecule has 1 heterocycles. The van der Waals surface area contributed by atoms with Crippen LogP contribution < -0.4 is 5.56 Å². The van der Waals surface area contributed by atoms with Crippen molar-refractivity contribution in [1.82, 2.24) is 14.5 Å². The summed E-state index contributed by atoms with van der Waals surface area (Å²) in [4.78, 5) is 31.4. The lowest BCUT2D eigenvalue weighted by molar-refractivity contribution is -0.133. The Kier molecular flexibility index (Phi) is 5.32. The third kappa shape index (κ3) is 3.72. The van der Waals surface area contributed by atoms with Crippen LogP contribution in [0.1, 0.15) is 31.0 Å². The van der Waals surface area contributed by atoms with E-state index in [1.807, 2.05) is 32.0 Å². The van der Waals surface area contributed by atoms with Crippen LogP contribution >= 0.6 is 0 Å². The molecule has 27 heavy (non-hydrogen) atoms. The molecule has 3 aromatic rings. The van der Waals surface area contributed by atoms with E-state index in [2.05, 4.69) is 11.1 Å². The van der Waals surface area contributed by atoms with Gasteiger partial charge in [0.2, 0.25) is 5.91 Å². The van der Waals surface area contributed by atoms with Crippen LogP contribution in [0.15, 0.2) is 59.7 Å². The molecule has 1 aromatic heterocycles. The number of rotatable bonds is 5. The van der Waals surface area contributed by atoms with Crippen molar-refractivity contribution in [1.29, 1.82) is 5.26 Å². The van der Waals surface area contributed by atoms with Crippen LogP contribution in [-0.2, 0) is 11.3 Å². The minimum atomic E-state index is -0.226. The van der Waals surface area contributed by atoms with E-state index in [0.717, 1.165) is 5.56 Å². The molecule has 6 nitrogen and oxygen atoms in total. The van der Waals surface area contributed by atoms with E-state index in [0.29, 0.717) is 23.0 Å². The fourth-order valence-corrected chi connectivity index (χ4v) is 3.14. The predicted molar refractivity (Wildman–Crippen MR) is 103 cm³/mol. The van der Waals surface area contributed by atoms with Crippen molar-refractivity contribution in [3.8, 4) is 6.07 Å². The molecule has 6 heteroatoms. The van der Waals surface area contributed by atoms with Crippen LogP contribution in [0.3, 0.4) is 0 Å². The number of aromatic nitrogens is 2. The third-order valence-electron chi connectivity index (χ3n) is 4.69. The van der Waals surface area contributed by atoms with Gasteiger partial charge in [0.1, 0.15) is 6.54 Å². The van der Waals surface area contributed by atoms with Crippen molar-refractivity contribution in [2.24, 2.45) is 0 Å². The minimum absolute atomic E-state index is 0.0644. The van der Waals surface area contributed by atoms with E-state index >= 15 is 0 Å². The van der Waals surface area contributed by atoms with Crippen molar-refractivity contribution >= 4 is 16.8 Å². The van der Waals surface area contributed by atoms with Crippen LogP contribution in [0.25, 0.3) is 10.9 Å². The second kappa shape index (κ2) is 7.83. The minimum Gasteiger partial charge on any atom is -0.335 e. The van der Waals surface area contributed by atoms with Gasteiger partial charge in [0.25, 0.3) is 5.56 Å². The van der Waals surface area contributed by atoms with Gasteiger partial charge in [0.05, 0.1) is 34.9 Å². The first-order chi connectivity index (χ1) is 13.0. The number of hydrogen-bond acceptors (Lipinski definition) is 4. The summed E-state index contributed by atoms with van der Waals surface area (Å²) in [6, 6.07) is 16.2. The van der Waals surface area contributed by atoms with E-state index < -0.39 is 0 Å². The average molecular weight is 360 g/mol. The maximum Gasteiger partial charge on any atom is 0.261 e. The summed E-state index contributed by atoms with van der Waals surface area (Å²) in [5.41, 5.74) is 1.91. The maximum absolute atomic E-state index is 12.9. The molecule has 0 saturated heterocycles. The molecular weight excluding hydrogens is 340 g/mol. The van der Waals surface area contributed by atoms with Gasteiger partial charge in [-0.25, -0.2) is 4.98 Å². The molecule has 2 aromatic carbocycles. The van der Waals surface area contributed by atoms with Crippen molar-refractivity contribution in [3.63, 3.8) is 0 Å². The van der Waals surface area contributed by atoms with Gasteiger partial charge in [-0.1, -0.05) is 24.3 Å². The van der Waals surface area contributed by atoms with Crippen LogP contribution in [0.4, 0.5) is 0 Å². The molecule has 0 saturated carbocycles. The fraction of sp³-hybridized carbons (Fsp3) is 0.238. The van der Waals surface area contributed by atoms with E-state index in [4.69, 9.17) is 5.26 Å². The van der Waals surface area contributed by atoms with Gasteiger partial charge in [-0.15, -0.1) is 0 Å². The zero-order chi connectivity index (χ0) is 19.4. The smallest absolute Gasteiger partial charge is 0.261 e. The molecule has 1 amide bonds. The summed E-state index contributed by atoms with van der Waals surface area (Å²) < 4.78 is 1.35. The zero-order valence-electron chi connectivity index (χ0n) is 15.3. The summed E-state index contributed by atoms with van der Waals surface area (Å²) in [6.07, 6.45) is 1.42. The van der Waals surface area contributed by atoms with Crippen molar-refractivity contribution < 1.29 is 4.79 Å². The molecular formula is C21H20N4O2. The van der Waals surface area contributed by atoms with E-state index in [1.54, 1.807) is 35.2 Å². The lowest BCUT2D eigenvalue weighted by Crippen LogP contribution is -2.38. The molecule has 1 atom stereocenters. The lowest BCUT2D eigenvalue weighted by atomic mass is 10.0. The molecule has 0 aliphatic rings. The fourth-order valence-electron chi connectivity index (χ4n) is 3.14. The first-order valence-electron chi connectivity index (χ1n) is 8.79. The summed E-state index contributed by atoms with van der Waals surface area (Å²) in [7, 11) is 0. The number of fused-ring (bicyclic) bond motifs is 1. The summed E-state index contributed by atoms with van der Waals surface area (Å²) in [5, 5.41) is 9.42. The zero-order valence-corrected chi connectivity index (χ0v) is 15.3. The standard InChI is InChI=1S/C21H20N4O2/c1-3-25(15(2)17-10-8-16(12-22)9-11-17)20(26)13-24-14-23-19-7-5-4-6-18(19)21(24)27/h4-11,14-15H,3,13H2,1-2H3. The van der Waals surface area contributed by atoms with Gasteiger partial charge in [-0.05, 0) is 43.7 Å². The van der Waals surface area contributed by atoms with Crippen molar-refractivity contribution in [2.75, 3.05) is 6.54 Å². The molecule has 136 valence electrons. The summed E-state index contributed by atoms with van der Waals surface area (Å²) in [6.45, 7) is 4.28. The van der Waals surface area contributed by atoms with Gasteiger partial charge in [0, 0.05) is 6.54 Å². The highest BCUT2D eigenvalue weighted by atomic mass is 16.2. The Morgan fingerprint density at radius 1 is 1.22 bits per heavy atom. The molecule has 0 radical (unpaired) electrons. The first kappa shape index (κ1) is 18.3. The largest absolute Gasteiger partial charge is 0.335 e. The molecule has 0 aliphatic carbocycles. The Morgan fingerprint density at radius 3 is 2.59 bits per heavy atom. The quantitative estimate of drug-likeness (QED) is 0.701. The number of nitrogens with zero attached hydrogens (tertiary/aromatic N) is 4. The Labute approximate surface area is 157 Å². The monoisotopic (exact) mass is 360 g/mol. The number of likely N-dealkylation sites (N-methyl/N-ethyl adjacent to an activating group) is 1. The van der Waals surface area contributed by atoms with Gasteiger partial charge < -0.3 is 4.90 Å². The van der Waals surface area contributed by atoms with Crippen LogP contribution in [0.2, 0.25) is 0 Å². The maximum atomic E-state index is 12.9. The molecule has 0 fully saturated rings. The Morgan fingerprint density at radius 2 is 1.93 bits per heavy atom. The van der Waals surface area contributed by atoms with Crippen LogP contribution in [0.5, 0.6) is 0 Å². The molecule has 1 unspecified atom stereocenters. The second-order valence-electron chi connectivity index (χ2n) is 6.28. The number of benzene rings is 2. The van der Waals surface area contributed by atoms with Crippen molar-refractivity contribution in [3.05, 3.63) is 76.3 Å². The molecule has 3 rings (SSSR count). The number of amides is 1. The molecule has 0 spiro atoms. The normalized spacial score (nSPS) is 11.7. The number of carbonyl (C=O) groups is 1. The highest BCUT2D eigenvalue weighted by Gasteiger charge is 2.21. The summed E-state index contributed by atoms with van der Waals surface area (Å²) >= 11 is 0. The third-order valence-corrected chi connectivity index (χ3v) is 4.69. The van der Waals surface area contributed by atoms with Gasteiger partial charge in [-0.3, -0.25) is 14.2 Å². The number of hydrogen-bond donors (Lipinski definition) is 0. The van der Waals surface area contributed by atoms with Crippen LogP contribution in [0, 0.1) is 11.3 Å². The Hall–Kier alpha value is -3.46. The highest BCUT2D eigenvalue weighted by molar-refractivity contribution is 5.79. The van der Waals surface area contributed by atoms with Crippen molar-refractivity contribution in [2.45, 2.75) is 26.4 Å². The number of nitriles is 1. The highest BCUT2D eigenvalue weighted by Crippen LogP contribution is 2.21. The van der Waals surface area contributed by atoms with E-state index in [1.165, 1.54) is 10.9 Å². The van der Waals surface area contributed by atoms with Gasteiger partial charge in [-0.2, -0.15) is 5.26 Å². The first-order valence-corrected chi connectivity index (χ1v) is 8.79. The number of carbonyl (C=O) groups excluding carboxylic acids is 1. The van der Waals surface area contributed by atoms with E-state index in [9.17, 15) is 9.59 Å². The van der Waals surface area contributed by atoms with Gasteiger partial charge in [0.15, 0.2) is 0 Å². The summed E-state index contributed by atoms with van der Waals surface area (Å²) in [5.74, 6) is -0.159. The SMILES string of the molecule is CCN(C(=O)Cn1cnc2ccccc2c1=O)C(C)c1ccc(C#N)cc1. The molecule has 0 N–H and O–H groups in total. The topological polar surface area (TPSA) is 79.0 Å². The Balaban J connectivity index is 1.84. The Bertz CT molecular complexity index is 1060. The average Bonchev–Trinajstić information content (AvgIpc) is 2.71. The molecule has 0 bridgehead atoms. The van der Waals surface area contributed by atoms with Gasteiger partial charge >= 0.3 is 0 Å². The van der Waals surface area contributed by atoms with E-state index in [-0.39, 0.29) is 24.1 Å².